The molecule has 0 saturated carbocycles. The van der Waals surface area contributed by atoms with E-state index in [1.54, 1.807) is 12.3 Å². The molecule has 1 amide bonds. The number of halogens is 2. The fourth-order valence-electron chi connectivity index (χ4n) is 1.47. The minimum Gasteiger partial charge on any atom is -0.348 e. The number of carbonyl (C=O) groups is 1. The molecule has 0 atom stereocenters. The topological polar surface area (TPSA) is 42.0 Å². The molecular formula is C13H10BrClN2O. The van der Waals surface area contributed by atoms with Crippen LogP contribution in [0.5, 0.6) is 0 Å². The Morgan fingerprint density at radius 2 is 2.22 bits per heavy atom. The second-order valence-corrected chi connectivity index (χ2v) is 4.99. The smallest absolute Gasteiger partial charge is 0.254 e. The number of aromatic nitrogens is 1. The second kappa shape index (κ2) is 5.98. The maximum atomic E-state index is 11.9. The van der Waals surface area contributed by atoms with Crippen molar-refractivity contribution in [3.05, 3.63) is 63.3 Å². The average molecular weight is 326 g/mol. The van der Waals surface area contributed by atoms with Crippen LogP contribution < -0.4 is 5.32 Å². The Kier molecular flexibility index (Phi) is 4.33. The van der Waals surface area contributed by atoms with E-state index in [-0.39, 0.29) is 5.91 Å². The molecule has 0 fully saturated rings. The zero-order valence-corrected chi connectivity index (χ0v) is 11.7. The SMILES string of the molecule is O=C(NCc1cccc(Br)c1)c1cnccc1Cl. The first-order valence-corrected chi connectivity index (χ1v) is 6.46. The van der Waals surface area contributed by atoms with E-state index in [4.69, 9.17) is 11.6 Å². The molecule has 2 rings (SSSR count). The van der Waals surface area contributed by atoms with Gasteiger partial charge in [-0.05, 0) is 23.8 Å². The Balaban J connectivity index is 2.03. The Morgan fingerprint density at radius 1 is 1.39 bits per heavy atom. The maximum absolute atomic E-state index is 11.9. The summed E-state index contributed by atoms with van der Waals surface area (Å²) in [5.41, 5.74) is 1.40. The van der Waals surface area contributed by atoms with E-state index in [0.717, 1.165) is 10.0 Å². The van der Waals surface area contributed by atoms with Crippen LogP contribution in [-0.4, -0.2) is 10.9 Å². The molecule has 1 aromatic carbocycles. The van der Waals surface area contributed by atoms with Gasteiger partial charge >= 0.3 is 0 Å². The van der Waals surface area contributed by atoms with Crippen LogP contribution in [0.1, 0.15) is 15.9 Å². The Bertz CT molecular complexity index is 574. The van der Waals surface area contributed by atoms with Crippen molar-refractivity contribution in [1.82, 2.24) is 10.3 Å². The lowest BCUT2D eigenvalue weighted by atomic mass is 10.2. The van der Waals surface area contributed by atoms with Crippen LogP contribution in [0.2, 0.25) is 5.02 Å². The van der Waals surface area contributed by atoms with Crippen molar-refractivity contribution in [2.45, 2.75) is 6.54 Å². The number of nitrogens with zero attached hydrogens (tertiary/aromatic N) is 1. The third-order valence-electron chi connectivity index (χ3n) is 2.35. The normalized spacial score (nSPS) is 10.1. The fourth-order valence-corrected chi connectivity index (χ4v) is 2.11. The van der Waals surface area contributed by atoms with Crippen LogP contribution in [0, 0.1) is 0 Å². The van der Waals surface area contributed by atoms with Gasteiger partial charge in [-0.25, -0.2) is 0 Å². The predicted molar refractivity (Wildman–Crippen MR) is 74.6 cm³/mol. The average Bonchev–Trinajstić information content (AvgIpc) is 2.37. The molecule has 0 aliphatic heterocycles. The lowest BCUT2D eigenvalue weighted by Crippen LogP contribution is -2.23. The molecule has 5 heteroatoms. The summed E-state index contributed by atoms with van der Waals surface area (Å²) in [6.45, 7) is 0.448. The molecule has 0 saturated heterocycles. The van der Waals surface area contributed by atoms with E-state index >= 15 is 0 Å². The molecular weight excluding hydrogens is 316 g/mol. The van der Waals surface area contributed by atoms with E-state index in [1.165, 1.54) is 6.20 Å². The first-order valence-electron chi connectivity index (χ1n) is 5.29. The zero-order valence-electron chi connectivity index (χ0n) is 9.36. The first-order chi connectivity index (χ1) is 8.66. The summed E-state index contributed by atoms with van der Waals surface area (Å²) in [6, 6.07) is 9.34. The van der Waals surface area contributed by atoms with Gasteiger partial charge in [0.05, 0.1) is 10.6 Å². The molecule has 0 aliphatic carbocycles. The van der Waals surface area contributed by atoms with Crippen LogP contribution >= 0.6 is 27.5 Å². The maximum Gasteiger partial charge on any atom is 0.254 e. The highest BCUT2D eigenvalue weighted by atomic mass is 79.9. The van der Waals surface area contributed by atoms with Crippen molar-refractivity contribution in [3.63, 3.8) is 0 Å². The Labute approximate surface area is 118 Å². The Morgan fingerprint density at radius 3 is 2.94 bits per heavy atom. The molecule has 0 unspecified atom stereocenters. The van der Waals surface area contributed by atoms with Gasteiger partial charge in [0.15, 0.2) is 0 Å². The van der Waals surface area contributed by atoms with Gasteiger partial charge < -0.3 is 5.32 Å². The lowest BCUT2D eigenvalue weighted by molar-refractivity contribution is 0.0950. The monoisotopic (exact) mass is 324 g/mol. The minimum atomic E-state index is -0.229. The van der Waals surface area contributed by atoms with Crippen LogP contribution in [0.15, 0.2) is 47.2 Å². The van der Waals surface area contributed by atoms with E-state index in [9.17, 15) is 4.79 Å². The van der Waals surface area contributed by atoms with E-state index in [1.807, 2.05) is 24.3 Å². The molecule has 1 aromatic heterocycles. The van der Waals surface area contributed by atoms with Crippen molar-refractivity contribution in [1.29, 1.82) is 0 Å². The molecule has 2 aromatic rings. The summed E-state index contributed by atoms with van der Waals surface area (Å²) in [4.78, 5) is 15.8. The van der Waals surface area contributed by atoms with Gasteiger partial charge in [-0.1, -0.05) is 39.7 Å². The Hall–Kier alpha value is -1.39. The summed E-state index contributed by atoms with van der Waals surface area (Å²) < 4.78 is 0.980. The number of carbonyl (C=O) groups excluding carboxylic acids is 1. The highest BCUT2D eigenvalue weighted by Gasteiger charge is 2.09. The number of amides is 1. The van der Waals surface area contributed by atoms with Crippen LogP contribution in [0.25, 0.3) is 0 Å². The van der Waals surface area contributed by atoms with Crippen molar-refractivity contribution in [2.24, 2.45) is 0 Å². The summed E-state index contributed by atoms with van der Waals surface area (Å²) in [5, 5.41) is 3.20. The highest BCUT2D eigenvalue weighted by molar-refractivity contribution is 9.10. The largest absolute Gasteiger partial charge is 0.348 e. The van der Waals surface area contributed by atoms with Crippen molar-refractivity contribution < 1.29 is 4.79 Å². The van der Waals surface area contributed by atoms with Gasteiger partial charge in [0, 0.05) is 23.4 Å². The minimum absolute atomic E-state index is 0.229. The predicted octanol–water partition coefficient (Wildman–Crippen LogP) is 3.43. The van der Waals surface area contributed by atoms with E-state index in [2.05, 4.69) is 26.2 Å². The number of pyridine rings is 1. The number of hydrogen-bond acceptors (Lipinski definition) is 2. The third-order valence-corrected chi connectivity index (χ3v) is 3.18. The van der Waals surface area contributed by atoms with Crippen LogP contribution in [0.4, 0.5) is 0 Å². The molecule has 0 spiro atoms. The molecule has 18 heavy (non-hydrogen) atoms. The van der Waals surface area contributed by atoms with Crippen LogP contribution in [0.3, 0.4) is 0 Å². The van der Waals surface area contributed by atoms with E-state index in [0.29, 0.717) is 17.1 Å². The van der Waals surface area contributed by atoms with E-state index < -0.39 is 0 Å². The summed E-state index contributed by atoms with van der Waals surface area (Å²) in [7, 11) is 0. The molecule has 0 aliphatic rings. The highest BCUT2D eigenvalue weighted by Crippen LogP contribution is 2.14. The molecule has 0 radical (unpaired) electrons. The quantitative estimate of drug-likeness (QED) is 0.939. The summed E-state index contributed by atoms with van der Waals surface area (Å²) in [5.74, 6) is -0.229. The number of benzene rings is 1. The van der Waals surface area contributed by atoms with Gasteiger partial charge in [-0.3, -0.25) is 9.78 Å². The van der Waals surface area contributed by atoms with Crippen molar-refractivity contribution in [2.75, 3.05) is 0 Å². The summed E-state index contributed by atoms with van der Waals surface area (Å²) in [6.07, 6.45) is 3.01. The molecule has 0 bridgehead atoms. The number of nitrogens with one attached hydrogen (secondary N) is 1. The lowest BCUT2D eigenvalue weighted by Gasteiger charge is -2.06. The number of hydrogen-bond donors (Lipinski definition) is 1. The van der Waals surface area contributed by atoms with Crippen LogP contribution in [-0.2, 0) is 6.54 Å². The molecule has 1 heterocycles. The summed E-state index contributed by atoms with van der Waals surface area (Å²) >= 11 is 9.30. The van der Waals surface area contributed by atoms with Gasteiger partial charge in [-0.2, -0.15) is 0 Å². The van der Waals surface area contributed by atoms with Crippen molar-refractivity contribution in [3.8, 4) is 0 Å². The molecule has 1 N–H and O–H groups in total. The van der Waals surface area contributed by atoms with Crippen molar-refractivity contribution >= 4 is 33.4 Å². The van der Waals surface area contributed by atoms with Gasteiger partial charge in [0.2, 0.25) is 0 Å². The standard InChI is InChI=1S/C13H10BrClN2O/c14-10-3-1-2-9(6-10)7-17-13(18)11-8-16-5-4-12(11)15/h1-6,8H,7H2,(H,17,18). The fraction of sp³-hybridized carbons (Fsp3) is 0.0769. The second-order valence-electron chi connectivity index (χ2n) is 3.67. The number of rotatable bonds is 3. The van der Waals surface area contributed by atoms with Gasteiger partial charge in [-0.15, -0.1) is 0 Å². The zero-order chi connectivity index (χ0) is 13.0. The molecule has 3 nitrogen and oxygen atoms in total. The molecule has 92 valence electrons. The third kappa shape index (κ3) is 3.31. The van der Waals surface area contributed by atoms with Gasteiger partial charge in [0.25, 0.3) is 5.91 Å². The van der Waals surface area contributed by atoms with Gasteiger partial charge in [0.1, 0.15) is 0 Å². The first kappa shape index (κ1) is 13.1.